The van der Waals surface area contributed by atoms with Gasteiger partial charge in [-0.15, -0.1) is 0 Å². The molecule has 0 amide bonds. The van der Waals surface area contributed by atoms with E-state index < -0.39 is 10.0 Å². The Labute approximate surface area is 145 Å². The molecular weight excluding hydrogens is 357 g/mol. The molecule has 0 aliphatic heterocycles. The van der Waals surface area contributed by atoms with E-state index in [0.717, 1.165) is 25.7 Å². The monoisotopic (exact) mass is 373 g/mol. The molecule has 23 heavy (non-hydrogen) atoms. The summed E-state index contributed by atoms with van der Waals surface area (Å²) < 4.78 is 29.6. The molecule has 0 radical (unpaired) electrons. The highest BCUT2D eigenvalue weighted by Crippen LogP contribution is 2.29. The number of nitrogens with one attached hydrogen (secondary N) is 1. The molecule has 0 saturated heterocycles. The molecule has 3 rings (SSSR count). The fourth-order valence-electron chi connectivity index (χ4n) is 2.89. The van der Waals surface area contributed by atoms with Gasteiger partial charge in [-0.25, -0.2) is 13.1 Å². The third kappa shape index (κ3) is 3.88. The Morgan fingerprint density at radius 3 is 2.48 bits per heavy atom. The van der Waals surface area contributed by atoms with Crippen molar-refractivity contribution in [1.82, 2.24) is 14.5 Å². The van der Waals surface area contributed by atoms with Crippen LogP contribution in [0.3, 0.4) is 0 Å². The van der Waals surface area contributed by atoms with Crippen molar-refractivity contribution in [1.29, 1.82) is 0 Å². The van der Waals surface area contributed by atoms with Gasteiger partial charge in [0, 0.05) is 18.4 Å². The average Bonchev–Trinajstić information content (AvgIpc) is 3.04. The molecular formula is C15H17Cl2N3O2S. The summed E-state index contributed by atoms with van der Waals surface area (Å²) in [5, 5.41) is 4.83. The first-order valence-corrected chi connectivity index (χ1v) is 9.66. The Morgan fingerprint density at radius 1 is 1.13 bits per heavy atom. The van der Waals surface area contributed by atoms with Crippen LogP contribution in [0.2, 0.25) is 10.0 Å². The molecule has 8 heteroatoms. The Balaban J connectivity index is 1.64. The summed E-state index contributed by atoms with van der Waals surface area (Å²) in [6.07, 6.45) is 7.08. The lowest BCUT2D eigenvalue weighted by Crippen LogP contribution is -2.38. The summed E-state index contributed by atoms with van der Waals surface area (Å²) in [4.78, 5) is 0.140. The van der Waals surface area contributed by atoms with Crippen LogP contribution in [0.5, 0.6) is 0 Å². The first-order chi connectivity index (χ1) is 11.0. The summed E-state index contributed by atoms with van der Waals surface area (Å²) >= 11 is 11.7. The van der Waals surface area contributed by atoms with Crippen LogP contribution in [-0.4, -0.2) is 24.2 Å². The quantitative estimate of drug-likeness (QED) is 0.889. The fraction of sp³-hybridized carbons (Fsp3) is 0.400. The highest BCUT2D eigenvalue weighted by atomic mass is 35.5. The van der Waals surface area contributed by atoms with Gasteiger partial charge in [0.1, 0.15) is 0 Å². The van der Waals surface area contributed by atoms with Gasteiger partial charge in [-0.3, -0.25) is 4.68 Å². The third-order valence-corrected chi connectivity index (χ3v) is 6.38. The highest BCUT2D eigenvalue weighted by molar-refractivity contribution is 7.89. The highest BCUT2D eigenvalue weighted by Gasteiger charge is 2.26. The van der Waals surface area contributed by atoms with Crippen LogP contribution in [0.1, 0.15) is 31.7 Å². The topological polar surface area (TPSA) is 64.0 Å². The van der Waals surface area contributed by atoms with Crippen LogP contribution in [-0.2, 0) is 10.0 Å². The average molecular weight is 374 g/mol. The summed E-state index contributed by atoms with van der Waals surface area (Å²) in [5.74, 6) is 0. The number of hydrogen-bond donors (Lipinski definition) is 1. The minimum atomic E-state index is -3.59. The summed E-state index contributed by atoms with van der Waals surface area (Å²) in [6.45, 7) is 0. The Bertz CT molecular complexity index is 770. The number of aromatic nitrogens is 2. The number of benzene rings is 1. The molecule has 1 heterocycles. The van der Waals surface area contributed by atoms with Gasteiger partial charge < -0.3 is 0 Å². The lowest BCUT2D eigenvalue weighted by Gasteiger charge is -2.29. The molecule has 1 aliphatic rings. The van der Waals surface area contributed by atoms with Gasteiger partial charge in [0.05, 0.1) is 21.0 Å². The van der Waals surface area contributed by atoms with Crippen molar-refractivity contribution < 1.29 is 8.42 Å². The van der Waals surface area contributed by atoms with Gasteiger partial charge in [-0.2, -0.15) is 5.10 Å². The van der Waals surface area contributed by atoms with Crippen LogP contribution in [0.25, 0.3) is 0 Å². The molecule has 2 aromatic rings. The molecule has 124 valence electrons. The molecule has 1 N–H and O–H groups in total. The Morgan fingerprint density at radius 2 is 1.87 bits per heavy atom. The van der Waals surface area contributed by atoms with Crippen molar-refractivity contribution in [3.63, 3.8) is 0 Å². The molecule has 1 aromatic carbocycles. The minimum absolute atomic E-state index is 0.0683. The van der Waals surface area contributed by atoms with Gasteiger partial charge >= 0.3 is 0 Å². The van der Waals surface area contributed by atoms with Crippen LogP contribution >= 0.6 is 23.2 Å². The second-order valence-electron chi connectivity index (χ2n) is 5.69. The molecule has 1 saturated carbocycles. The molecule has 0 bridgehead atoms. The van der Waals surface area contributed by atoms with E-state index in [2.05, 4.69) is 9.82 Å². The lowest BCUT2D eigenvalue weighted by molar-refractivity contribution is 0.293. The first kappa shape index (κ1) is 16.8. The van der Waals surface area contributed by atoms with E-state index in [0.29, 0.717) is 11.1 Å². The first-order valence-electron chi connectivity index (χ1n) is 7.42. The van der Waals surface area contributed by atoms with Crippen LogP contribution in [0.15, 0.2) is 41.6 Å². The molecule has 0 atom stereocenters. The molecule has 1 aromatic heterocycles. The third-order valence-electron chi connectivity index (χ3n) is 4.12. The second kappa shape index (κ2) is 6.81. The number of nitrogens with zero attached hydrogens (tertiary/aromatic N) is 2. The van der Waals surface area contributed by atoms with E-state index in [1.54, 1.807) is 6.20 Å². The smallest absolute Gasteiger partial charge is 0.240 e. The summed E-state index contributed by atoms with van der Waals surface area (Å²) in [7, 11) is -3.59. The predicted molar refractivity (Wildman–Crippen MR) is 90.3 cm³/mol. The summed E-state index contributed by atoms with van der Waals surface area (Å²) in [5.41, 5.74) is 0. The van der Waals surface area contributed by atoms with E-state index in [1.165, 1.54) is 18.2 Å². The van der Waals surface area contributed by atoms with Crippen molar-refractivity contribution >= 4 is 33.2 Å². The summed E-state index contributed by atoms with van der Waals surface area (Å²) in [6, 6.07) is 6.51. The van der Waals surface area contributed by atoms with E-state index in [4.69, 9.17) is 23.2 Å². The largest absolute Gasteiger partial charge is 0.270 e. The number of halogens is 2. The van der Waals surface area contributed by atoms with Crippen molar-refractivity contribution in [2.75, 3.05) is 0 Å². The number of sulfonamides is 1. The maximum Gasteiger partial charge on any atom is 0.240 e. The predicted octanol–water partition coefficient (Wildman–Crippen LogP) is 3.65. The normalized spacial score (nSPS) is 22.2. The van der Waals surface area contributed by atoms with Gasteiger partial charge in [-0.1, -0.05) is 23.2 Å². The Kier molecular flexibility index (Phi) is 4.96. The lowest BCUT2D eigenvalue weighted by atomic mass is 9.92. The maximum absolute atomic E-state index is 12.4. The zero-order valence-electron chi connectivity index (χ0n) is 12.3. The van der Waals surface area contributed by atoms with Gasteiger partial charge in [0.2, 0.25) is 10.0 Å². The second-order valence-corrected chi connectivity index (χ2v) is 8.22. The number of rotatable bonds is 4. The minimum Gasteiger partial charge on any atom is -0.270 e. The van der Waals surface area contributed by atoms with Crippen molar-refractivity contribution in [2.45, 2.75) is 42.7 Å². The molecule has 1 aliphatic carbocycles. The van der Waals surface area contributed by atoms with E-state index in [-0.39, 0.29) is 16.0 Å². The van der Waals surface area contributed by atoms with Gasteiger partial charge in [0.25, 0.3) is 0 Å². The maximum atomic E-state index is 12.4. The van der Waals surface area contributed by atoms with E-state index >= 15 is 0 Å². The fourth-order valence-corrected chi connectivity index (χ4v) is 4.58. The van der Waals surface area contributed by atoms with Gasteiger partial charge in [0.15, 0.2) is 0 Å². The van der Waals surface area contributed by atoms with Crippen LogP contribution in [0, 0.1) is 0 Å². The molecule has 0 spiro atoms. The number of hydrogen-bond acceptors (Lipinski definition) is 3. The van der Waals surface area contributed by atoms with Crippen molar-refractivity contribution in [3.8, 4) is 0 Å². The van der Waals surface area contributed by atoms with Crippen molar-refractivity contribution in [3.05, 3.63) is 46.7 Å². The zero-order valence-corrected chi connectivity index (χ0v) is 14.7. The zero-order chi connectivity index (χ0) is 16.4. The standard InChI is InChI=1S/C15H17Cl2N3O2S/c16-14-7-6-13(10-15(14)17)23(21,22)19-11-2-4-12(5-3-11)20-9-1-8-18-20/h1,6-12,19H,2-5H2. The van der Waals surface area contributed by atoms with Crippen LogP contribution in [0.4, 0.5) is 0 Å². The van der Waals surface area contributed by atoms with E-state index in [1.807, 2.05) is 16.9 Å². The molecule has 5 nitrogen and oxygen atoms in total. The van der Waals surface area contributed by atoms with E-state index in [9.17, 15) is 8.42 Å². The molecule has 1 fully saturated rings. The van der Waals surface area contributed by atoms with Gasteiger partial charge in [-0.05, 0) is 49.9 Å². The Hall–Kier alpha value is -1.08. The SMILES string of the molecule is O=S(=O)(NC1CCC(n2cccn2)CC1)c1ccc(Cl)c(Cl)c1. The molecule has 0 unspecified atom stereocenters. The van der Waals surface area contributed by atoms with Crippen molar-refractivity contribution in [2.24, 2.45) is 0 Å². The van der Waals surface area contributed by atoms with Crippen LogP contribution < -0.4 is 4.72 Å².